The summed E-state index contributed by atoms with van der Waals surface area (Å²) in [5.41, 5.74) is 3.44. The number of amides is 1. The minimum atomic E-state index is -4.08. The molecule has 0 bridgehead atoms. The highest BCUT2D eigenvalue weighted by atomic mass is 32.2. The Morgan fingerprint density at radius 3 is 2.23 bits per heavy atom. The number of sulfonamides is 1. The first-order valence-corrected chi connectivity index (χ1v) is 14.7. The van der Waals surface area contributed by atoms with Crippen LogP contribution in [0.2, 0.25) is 0 Å². The molecule has 0 fully saturated rings. The number of hydrogen-bond acceptors (Lipinski definition) is 5. The maximum Gasteiger partial charge on any atom is 0.326 e. The number of aryl methyl sites for hydroxylation is 2. The Bertz CT molecular complexity index is 1600. The second-order valence-corrected chi connectivity index (χ2v) is 11.7. The Morgan fingerprint density at radius 1 is 0.850 bits per heavy atom. The molecule has 4 aromatic rings. The zero-order valence-electron chi connectivity index (χ0n) is 23.0. The first kappa shape index (κ1) is 28.8. The zero-order chi connectivity index (χ0) is 28.7. The van der Waals surface area contributed by atoms with E-state index in [0.29, 0.717) is 24.2 Å². The highest BCUT2D eigenvalue weighted by Crippen LogP contribution is 2.29. The second kappa shape index (κ2) is 12.8. The van der Waals surface area contributed by atoms with Gasteiger partial charge < -0.3 is 10.1 Å². The molecule has 0 aliphatic heterocycles. The van der Waals surface area contributed by atoms with Gasteiger partial charge in [0.1, 0.15) is 6.54 Å². The van der Waals surface area contributed by atoms with E-state index < -0.39 is 22.5 Å². The molecule has 40 heavy (non-hydrogen) atoms. The van der Waals surface area contributed by atoms with Gasteiger partial charge in [0.15, 0.2) is 0 Å². The van der Waals surface area contributed by atoms with Crippen LogP contribution in [0.3, 0.4) is 0 Å². The first-order valence-electron chi connectivity index (χ1n) is 13.3. The highest BCUT2D eigenvalue weighted by molar-refractivity contribution is 7.92. The lowest BCUT2D eigenvalue weighted by Crippen LogP contribution is -2.36. The molecule has 1 N–H and O–H groups in total. The Morgan fingerprint density at radius 2 is 1.52 bits per heavy atom. The van der Waals surface area contributed by atoms with Gasteiger partial charge in [-0.05, 0) is 84.1 Å². The summed E-state index contributed by atoms with van der Waals surface area (Å²) in [4.78, 5) is 25.6. The topological polar surface area (TPSA) is 92.8 Å². The Labute approximate surface area is 235 Å². The Hall–Kier alpha value is -4.17. The average Bonchev–Trinajstić information content (AvgIpc) is 2.94. The Kier molecular flexibility index (Phi) is 9.22. The van der Waals surface area contributed by atoms with Crippen molar-refractivity contribution in [1.82, 2.24) is 5.32 Å². The van der Waals surface area contributed by atoms with E-state index in [4.69, 9.17) is 4.74 Å². The van der Waals surface area contributed by atoms with Gasteiger partial charge >= 0.3 is 5.97 Å². The van der Waals surface area contributed by atoms with Crippen molar-refractivity contribution in [3.05, 3.63) is 107 Å². The zero-order valence-corrected chi connectivity index (χ0v) is 23.8. The number of carbonyl (C=O) groups is 2. The predicted molar refractivity (Wildman–Crippen MR) is 158 cm³/mol. The monoisotopic (exact) mass is 558 g/mol. The molecule has 0 heterocycles. The lowest BCUT2D eigenvalue weighted by Gasteiger charge is -2.24. The molecule has 208 valence electrons. The van der Waals surface area contributed by atoms with E-state index in [2.05, 4.69) is 5.32 Å². The van der Waals surface area contributed by atoms with Gasteiger partial charge in [-0.3, -0.25) is 13.9 Å². The van der Waals surface area contributed by atoms with Gasteiger partial charge in [-0.1, -0.05) is 61.9 Å². The van der Waals surface area contributed by atoms with Crippen molar-refractivity contribution in [2.45, 2.75) is 45.1 Å². The summed E-state index contributed by atoms with van der Waals surface area (Å²) in [5, 5.41) is 4.42. The van der Waals surface area contributed by atoms with Crippen molar-refractivity contribution in [3.63, 3.8) is 0 Å². The van der Waals surface area contributed by atoms with E-state index in [1.807, 2.05) is 57.2 Å². The molecule has 1 amide bonds. The van der Waals surface area contributed by atoms with Gasteiger partial charge in [0.25, 0.3) is 15.9 Å². The minimum absolute atomic E-state index is 0.108. The molecule has 0 aliphatic carbocycles. The molecule has 0 aromatic heterocycles. The summed E-state index contributed by atoms with van der Waals surface area (Å²) in [6.45, 7) is 5.84. The van der Waals surface area contributed by atoms with E-state index in [0.717, 1.165) is 38.2 Å². The molecule has 0 saturated carbocycles. The van der Waals surface area contributed by atoms with Gasteiger partial charge in [-0.15, -0.1) is 0 Å². The molecule has 0 saturated heterocycles. The van der Waals surface area contributed by atoms with E-state index >= 15 is 0 Å². The van der Waals surface area contributed by atoms with Gasteiger partial charge in [0, 0.05) is 12.1 Å². The van der Waals surface area contributed by atoms with Crippen LogP contribution in [-0.4, -0.2) is 33.4 Å². The molecule has 0 unspecified atom stereocenters. The van der Waals surface area contributed by atoms with Gasteiger partial charge in [-0.2, -0.15) is 0 Å². The third kappa shape index (κ3) is 7.07. The molecule has 0 radical (unpaired) electrons. The lowest BCUT2D eigenvalue weighted by atomic mass is 10.1. The molecule has 0 spiro atoms. The van der Waals surface area contributed by atoms with Crippen molar-refractivity contribution in [3.8, 4) is 0 Å². The summed E-state index contributed by atoms with van der Waals surface area (Å²) >= 11 is 0. The molecular formula is C32H34N2O5S. The van der Waals surface area contributed by atoms with Crippen LogP contribution in [0, 0.1) is 13.8 Å². The fourth-order valence-electron chi connectivity index (χ4n) is 4.43. The first-order chi connectivity index (χ1) is 19.2. The number of nitrogens with zero attached hydrogens (tertiary/aromatic N) is 1. The van der Waals surface area contributed by atoms with Gasteiger partial charge in [0.2, 0.25) is 0 Å². The normalized spacial score (nSPS) is 11.3. The van der Waals surface area contributed by atoms with Crippen LogP contribution in [0.15, 0.2) is 89.8 Å². The molecule has 8 heteroatoms. The molecule has 0 aliphatic rings. The predicted octanol–water partition coefficient (Wildman–Crippen LogP) is 5.93. The highest BCUT2D eigenvalue weighted by Gasteiger charge is 2.28. The van der Waals surface area contributed by atoms with Crippen molar-refractivity contribution < 1.29 is 22.7 Å². The maximum atomic E-state index is 13.8. The number of unbranched alkanes of at least 4 members (excludes halogenated alkanes) is 1. The van der Waals surface area contributed by atoms with E-state index in [1.54, 1.807) is 48.5 Å². The molecule has 7 nitrogen and oxygen atoms in total. The van der Waals surface area contributed by atoms with Crippen LogP contribution in [0.4, 0.5) is 5.69 Å². The van der Waals surface area contributed by atoms with Crippen LogP contribution >= 0.6 is 0 Å². The summed E-state index contributed by atoms with van der Waals surface area (Å²) < 4.78 is 34.1. The summed E-state index contributed by atoms with van der Waals surface area (Å²) in [7, 11) is -4.08. The number of hydrogen-bond donors (Lipinski definition) is 1. The van der Waals surface area contributed by atoms with E-state index in [1.165, 1.54) is 0 Å². The van der Waals surface area contributed by atoms with Crippen molar-refractivity contribution in [2.24, 2.45) is 0 Å². The van der Waals surface area contributed by atoms with E-state index in [-0.39, 0.29) is 17.4 Å². The van der Waals surface area contributed by atoms with Crippen LogP contribution < -0.4 is 9.62 Å². The van der Waals surface area contributed by atoms with Crippen LogP contribution in [-0.2, 0) is 26.1 Å². The number of esters is 1. The van der Waals surface area contributed by atoms with Crippen molar-refractivity contribution in [1.29, 1.82) is 0 Å². The van der Waals surface area contributed by atoms with Crippen molar-refractivity contribution in [2.75, 3.05) is 17.5 Å². The third-order valence-corrected chi connectivity index (χ3v) is 8.24. The van der Waals surface area contributed by atoms with Gasteiger partial charge in [-0.25, -0.2) is 8.42 Å². The standard InChI is InChI=1S/C32H34N2O5S/c1-4-5-15-39-31(35)22-34(40(37,38)30-17-23(2)16-24(3)18-30)29-14-13-26-19-28(12-11-27(26)20-29)32(36)33-21-25-9-7-6-8-10-25/h6-14,16-20H,4-5,15,21-22H2,1-3H3,(H,33,36). The summed E-state index contributed by atoms with van der Waals surface area (Å²) in [5.74, 6) is -0.824. The minimum Gasteiger partial charge on any atom is -0.464 e. The van der Waals surface area contributed by atoms with Crippen LogP contribution in [0.5, 0.6) is 0 Å². The molecule has 4 aromatic carbocycles. The SMILES string of the molecule is CCCCOC(=O)CN(c1ccc2cc(C(=O)NCc3ccccc3)ccc2c1)S(=O)(=O)c1cc(C)cc(C)c1. The molecule has 0 atom stereocenters. The molecule has 4 rings (SSSR count). The number of anilines is 1. The van der Waals surface area contributed by atoms with Gasteiger partial charge in [0.05, 0.1) is 17.2 Å². The number of rotatable bonds is 11. The van der Waals surface area contributed by atoms with Crippen LogP contribution in [0.1, 0.15) is 46.8 Å². The fourth-order valence-corrected chi connectivity index (χ4v) is 6.02. The number of fused-ring (bicyclic) bond motifs is 1. The number of ether oxygens (including phenoxy) is 1. The maximum absolute atomic E-state index is 13.8. The number of nitrogens with one attached hydrogen (secondary N) is 1. The summed E-state index contributed by atoms with van der Waals surface area (Å²) in [6, 6.07) is 25.1. The largest absolute Gasteiger partial charge is 0.464 e. The lowest BCUT2D eigenvalue weighted by molar-refractivity contribution is -0.141. The van der Waals surface area contributed by atoms with E-state index in [9.17, 15) is 18.0 Å². The number of carbonyl (C=O) groups excluding carboxylic acids is 2. The third-order valence-electron chi connectivity index (χ3n) is 6.49. The van der Waals surface area contributed by atoms with Crippen molar-refractivity contribution >= 4 is 38.4 Å². The smallest absolute Gasteiger partial charge is 0.326 e. The van der Waals surface area contributed by atoms with Crippen LogP contribution in [0.25, 0.3) is 10.8 Å². The number of benzene rings is 4. The Balaban J connectivity index is 1.64. The fraction of sp³-hybridized carbons (Fsp3) is 0.250. The molecular weight excluding hydrogens is 524 g/mol. The second-order valence-electron chi connectivity index (χ2n) is 9.82. The quantitative estimate of drug-likeness (QED) is 0.182. The average molecular weight is 559 g/mol. The summed E-state index contributed by atoms with van der Waals surface area (Å²) in [6.07, 6.45) is 1.56.